The lowest BCUT2D eigenvalue weighted by Crippen LogP contribution is -2.11. The highest BCUT2D eigenvalue weighted by atomic mass is 32.1. The normalized spacial score (nSPS) is 13.7. The van der Waals surface area contributed by atoms with Gasteiger partial charge in [-0.25, -0.2) is 9.97 Å². The van der Waals surface area contributed by atoms with Crippen molar-refractivity contribution < 1.29 is 9.47 Å². The molecule has 1 aliphatic rings. The monoisotopic (exact) mass is 270 g/mol. The third-order valence-electron chi connectivity index (χ3n) is 3.05. The molecular formula is C14H10N2O2S. The van der Waals surface area contributed by atoms with Crippen molar-refractivity contribution in [3.05, 3.63) is 46.4 Å². The smallest absolute Gasteiger partial charge is 0.172 e. The number of fused-ring (bicyclic) bond motifs is 3. The first-order chi connectivity index (χ1) is 9.40. The van der Waals surface area contributed by atoms with Crippen LogP contribution in [0, 0.1) is 0 Å². The molecule has 2 aromatic heterocycles. The van der Waals surface area contributed by atoms with Crippen molar-refractivity contribution in [1.29, 1.82) is 0 Å². The Morgan fingerprint density at radius 1 is 0.842 bits per heavy atom. The summed E-state index contributed by atoms with van der Waals surface area (Å²) in [7, 11) is 0. The standard InChI is InChI=1S/C14H10N2O2S/c1-2-4-10-9(3-1)15-11-5-17-13-7-19-8-14(13)18-6-12(11)16-10/h1-4,7-8H,5-6H2. The molecule has 1 aromatic carbocycles. The first kappa shape index (κ1) is 10.8. The van der Waals surface area contributed by atoms with Gasteiger partial charge in [0.2, 0.25) is 0 Å². The molecule has 0 amide bonds. The van der Waals surface area contributed by atoms with Crippen molar-refractivity contribution in [3.8, 4) is 11.5 Å². The van der Waals surface area contributed by atoms with Crippen LogP contribution in [0.15, 0.2) is 35.0 Å². The van der Waals surface area contributed by atoms with E-state index in [2.05, 4.69) is 9.97 Å². The van der Waals surface area contributed by atoms with E-state index in [0.717, 1.165) is 33.9 Å². The van der Waals surface area contributed by atoms with Gasteiger partial charge in [0.05, 0.1) is 11.0 Å². The topological polar surface area (TPSA) is 44.2 Å². The fourth-order valence-corrected chi connectivity index (χ4v) is 2.76. The Morgan fingerprint density at radius 3 is 1.89 bits per heavy atom. The van der Waals surface area contributed by atoms with Crippen LogP contribution in [0.25, 0.3) is 11.0 Å². The lowest BCUT2D eigenvalue weighted by atomic mass is 10.2. The highest BCUT2D eigenvalue weighted by molar-refractivity contribution is 7.08. The van der Waals surface area contributed by atoms with Crippen molar-refractivity contribution in [3.63, 3.8) is 0 Å². The van der Waals surface area contributed by atoms with Gasteiger partial charge in [0, 0.05) is 10.8 Å². The summed E-state index contributed by atoms with van der Waals surface area (Å²) in [5.41, 5.74) is 3.46. The maximum Gasteiger partial charge on any atom is 0.172 e. The minimum absolute atomic E-state index is 0.431. The summed E-state index contributed by atoms with van der Waals surface area (Å²) in [6.45, 7) is 0.862. The molecule has 0 fully saturated rings. The van der Waals surface area contributed by atoms with Gasteiger partial charge in [-0.1, -0.05) is 12.1 Å². The number of aromatic nitrogens is 2. The van der Waals surface area contributed by atoms with Crippen LogP contribution in [0.3, 0.4) is 0 Å². The van der Waals surface area contributed by atoms with E-state index in [4.69, 9.17) is 9.47 Å². The van der Waals surface area contributed by atoms with Crippen LogP contribution in [0.4, 0.5) is 0 Å². The van der Waals surface area contributed by atoms with E-state index >= 15 is 0 Å². The van der Waals surface area contributed by atoms with Gasteiger partial charge in [-0.2, -0.15) is 0 Å². The van der Waals surface area contributed by atoms with Crippen molar-refractivity contribution in [2.24, 2.45) is 0 Å². The van der Waals surface area contributed by atoms with Crippen LogP contribution in [-0.4, -0.2) is 9.97 Å². The Morgan fingerprint density at radius 2 is 1.37 bits per heavy atom. The van der Waals surface area contributed by atoms with Gasteiger partial charge in [0.25, 0.3) is 0 Å². The molecule has 94 valence electrons. The lowest BCUT2D eigenvalue weighted by Gasteiger charge is -2.15. The van der Waals surface area contributed by atoms with E-state index in [1.807, 2.05) is 35.0 Å². The molecule has 0 aliphatic carbocycles. The third-order valence-corrected chi connectivity index (χ3v) is 3.75. The molecule has 0 atom stereocenters. The Balaban J connectivity index is 1.81. The van der Waals surface area contributed by atoms with Gasteiger partial charge in [0.15, 0.2) is 11.5 Å². The van der Waals surface area contributed by atoms with Gasteiger partial charge in [0.1, 0.15) is 24.6 Å². The quantitative estimate of drug-likeness (QED) is 0.629. The van der Waals surface area contributed by atoms with E-state index in [0.29, 0.717) is 13.2 Å². The zero-order chi connectivity index (χ0) is 12.7. The second kappa shape index (κ2) is 4.20. The van der Waals surface area contributed by atoms with E-state index in [1.54, 1.807) is 11.3 Å². The number of thiophene rings is 1. The molecule has 0 N–H and O–H groups in total. The third kappa shape index (κ3) is 1.82. The first-order valence-electron chi connectivity index (χ1n) is 5.96. The number of rotatable bonds is 0. The summed E-state index contributed by atoms with van der Waals surface area (Å²) in [6.07, 6.45) is 0. The molecule has 4 nitrogen and oxygen atoms in total. The summed E-state index contributed by atoms with van der Waals surface area (Å²) < 4.78 is 11.5. The van der Waals surface area contributed by atoms with Crippen LogP contribution in [-0.2, 0) is 13.2 Å². The van der Waals surface area contributed by atoms with E-state index in [1.165, 1.54) is 0 Å². The lowest BCUT2D eigenvalue weighted by molar-refractivity contribution is 0.233. The number of nitrogens with zero attached hydrogens (tertiary/aromatic N) is 2. The molecule has 1 aliphatic heterocycles. The minimum Gasteiger partial charge on any atom is -0.482 e. The van der Waals surface area contributed by atoms with Crippen LogP contribution in [0.2, 0.25) is 0 Å². The van der Waals surface area contributed by atoms with Crippen LogP contribution in [0.1, 0.15) is 11.4 Å². The molecule has 3 heterocycles. The maximum atomic E-state index is 5.73. The zero-order valence-corrected chi connectivity index (χ0v) is 10.8. The van der Waals surface area contributed by atoms with Gasteiger partial charge >= 0.3 is 0 Å². The number of ether oxygens (including phenoxy) is 2. The van der Waals surface area contributed by atoms with Gasteiger partial charge in [-0.3, -0.25) is 0 Å². The molecule has 19 heavy (non-hydrogen) atoms. The fraction of sp³-hybridized carbons (Fsp3) is 0.143. The van der Waals surface area contributed by atoms with E-state index in [9.17, 15) is 0 Å². The molecule has 0 unspecified atom stereocenters. The summed E-state index contributed by atoms with van der Waals surface area (Å²) in [5.74, 6) is 1.57. The molecule has 3 aromatic rings. The highest BCUT2D eigenvalue weighted by Gasteiger charge is 2.16. The zero-order valence-electron chi connectivity index (χ0n) is 10.00. The molecule has 0 spiro atoms. The minimum atomic E-state index is 0.431. The Hall–Kier alpha value is -2.14. The second-order valence-corrected chi connectivity index (χ2v) is 5.03. The van der Waals surface area contributed by atoms with Crippen molar-refractivity contribution in [1.82, 2.24) is 9.97 Å². The van der Waals surface area contributed by atoms with Crippen LogP contribution in [0.5, 0.6) is 11.5 Å². The molecule has 4 rings (SSSR count). The summed E-state index contributed by atoms with van der Waals surface area (Å²) in [4.78, 5) is 9.22. The van der Waals surface area contributed by atoms with Crippen molar-refractivity contribution in [2.75, 3.05) is 0 Å². The molecule has 5 heteroatoms. The number of para-hydroxylation sites is 2. The van der Waals surface area contributed by atoms with Crippen molar-refractivity contribution >= 4 is 22.4 Å². The molecule has 0 saturated heterocycles. The Bertz CT molecular complexity index is 693. The molecule has 0 bridgehead atoms. The van der Waals surface area contributed by atoms with E-state index in [-0.39, 0.29) is 0 Å². The SMILES string of the molecule is c1ccc2nc3c(nc2c1)COc1cscc1OC3. The molecular weight excluding hydrogens is 260 g/mol. The second-order valence-electron chi connectivity index (χ2n) is 4.28. The first-order valence-corrected chi connectivity index (χ1v) is 6.91. The number of hydrogen-bond donors (Lipinski definition) is 0. The Labute approximate surface area is 113 Å². The Kier molecular flexibility index (Phi) is 2.38. The summed E-state index contributed by atoms with van der Waals surface area (Å²) in [6, 6.07) is 7.83. The average molecular weight is 270 g/mol. The van der Waals surface area contributed by atoms with Crippen molar-refractivity contribution in [2.45, 2.75) is 13.2 Å². The number of hydrogen-bond acceptors (Lipinski definition) is 5. The van der Waals surface area contributed by atoms with E-state index < -0.39 is 0 Å². The average Bonchev–Trinajstić information content (AvgIpc) is 2.87. The predicted molar refractivity (Wildman–Crippen MR) is 72.5 cm³/mol. The number of benzene rings is 1. The van der Waals surface area contributed by atoms with Crippen LogP contribution < -0.4 is 9.47 Å². The van der Waals surface area contributed by atoms with Gasteiger partial charge < -0.3 is 9.47 Å². The largest absolute Gasteiger partial charge is 0.482 e. The van der Waals surface area contributed by atoms with Gasteiger partial charge in [-0.15, -0.1) is 11.3 Å². The predicted octanol–water partition coefficient (Wildman–Crippen LogP) is 3.16. The van der Waals surface area contributed by atoms with Crippen LogP contribution >= 0.6 is 11.3 Å². The maximum absolute atomic E-state index is 5.73. The molecule has 0 radical (unpaired) electrons. The summed E-state index contributed by atoms with van der Waals surface area (Å²) in [5, 5.41) is 3.88. The molecule has 0 saturated carbocycles. The summed E-state index contributed by atoms with van der Waals surface area (Å²) >= 11 is 1.56. The highest BCUT2D eigenvalue weighted by Crippen LogP contribution is 2.34. The van der Waals surface area contributed by atoms with Gasteiger partial charge in [-0.05, 0) is 12.1 Å². The fourth-order valence-electron chi connectivity index (χ4n) is 2.08.